The molecule has 1 saturated heterocycles. The van der Waals surface area contributed by atoms with Crippen LogP contribution in [0.15, 0.2) is 59.5 Å². The lowest BCUT2D eigenvalue weighted by Gasteiger charge is -2.36. The number of rotatable bonds is 4. The van der Waals surface area contributed by atoms with Gasteiger partial charge in [-0.15, -0.1) is 0 Å². The molecule has 0 N–H and O–H groups in total. The van der Waals surface area contributed by atoms with E-state index in [1.165, 1.54) is 26.2 Å². The molecular formula is C19H23N3O3S. The van der Waals surface area contributed by atoms with E-state index in [2.05, 4.69) is 17.0 Å². The van der Waals surface area contributed by atoms with Crippen LogP contribution in [0.1, 0.15) is 10.4 Å². The molecule has 0 aromatic heterocycles. The second-order valence-corrected chi connectivity index (χ2v) is 8.58. The number of anilines is 1. The predicted molar refractivity (Wildman–Crippen MR) is 102 cm³/mol. The van der Waals surface area contributed by atoms with Crippen molar-refractivity contribution >= 4 is 21.6 Å². The van der Waals surface area contributed by atoms with E-state index in [1.807, 2.05) is 18.2 Å². The van der Waals surface area contributed by atoms with E-state index in [0.717, 1.165) is 23.1 Å². The Labute approximate surface area is 154 Å². The Kier molecular flexibility index (Phi) is 5.29. The van der Waals surface area contributed by atoms with Gasteiger partial charge in [-0.3, -0.25) is 4.79 Å². The van der Waals surface area contributed by atoms with E-state index in [9.17, 15) is 13.2 Å². The van der Waals surface area contributed by atoms with Crippen LogP contribution < -0.4 is 4.90 Å². The molecule has 138 valence electrons. The second kappa shape index (κ2) is 7.47. The number of para-hydroxylation sites is 1. The molecule has 2 aromatic rings. The zero-order chi connectivity index (χ0) is 18.7. The second-order valence-electron chi connectivity index (χ2n) is 6.43. The SMILES string of the molecule is CN(C)S(=O)(=O)c1cccc(C(=O)N2CCN(c3ccccc3)CC2)c1. The van der Waals surface area contributed by atoms with Gasteiger partial charge in [-0.2, -0.15) is 0 Å². The first kappa shape index (κ1) is 18.4. The van der Waals surface area contributed by atoms with Gasteiger partial charge in [-0.25, -0.2) is 12.7 Å². The van der Waals surface area contributed by atoms with Crippen LogP contribution in [0.5, 0.6) is 0 Å². The molecule has 0 radical (unpaired) electrons. The maximum atomic E-state index is 12.8. The summed E-state index contributed by atoms with van der Waals surface area (Å²) in [6.45, 7) is 2.73. The van der Waals surface area contributed by atoms with Crippen molar-refractivity contribution in [3.63, 3.8) is 0 Å². The molecular weight excluding hydrogens is 350 g/mol. The van der Waals surface area contributed by atoms with Crippen LogP contribution in [0, 0.1) is 0 Å². The smallest absolute Gasteiger partial charge is 0.254 e. The van der Waals surface area contributed by atoms with Crippen molar-refractivity contribution < 1.29 is 13.2 Å². The van der Waals surface area contributed by atoms with Gasteiger partial charge >= 0.3 is 0 Å². The number of benzene rings is 2. The maximum Gasteiger partial charge on any atom is 0.254 e. The minimum absolute atomic E-state index is 0.131. The van der Waals surface area contributed by atoms with E-state index in [4.69, 9.17) is 0 Å². The molecule has 0 atom stereocenters. The van der Waals surface area contributed by atoms with Crippen molar-refractivity contribution in [1.29, 1.82) is 0 Å². The van der Waals surface area contributed by atoms with Crippen molar-refractivity contribution in [2.45, 2.75) is 4.90 Å². The van der Waals surface area contributed by atoms with Crippen molar-refractivity contribution in [1.82, 2.24) is 9.21 Å². The molecule has 7 heteroatoms. The van der Waals surface area contributed by atoms with Gasteiger partial charge in [0.25, 0.3) is 5.91 Å². The Morgan fingerprint density at radius 3 is 2.19 bits per heavy atom. The summed E-state index contributed by atoms with van der Waals surface area (Å²) in [5.74, 6) is -0.131. The van der Waals surface area contributed by atoms with Gasteiger partial charge in [0.05, 0.1) is 4.90 Å². The first-order chi connectivity index (χ1) is 12.4. The number of hydrogen-bond donors (Lipinski definition) is 0. The zero-order valence-corrected chi connectivity index (χ0v) is 15.8. The van der Waals surface area contributed by atoms with Gasteiger partial charge in [-0.05, 0) is 30.3 Å². The van der Waals surface area contributed by atoms with Gasteiger partial charge in [0.15, 0.2) is 0 Å². The Bertz CT molecular complexity index is 874. The third-order valence-corrected chi connectivity index (χ3v) is 6.36. The average molecular weight is 373 g/mol. The van der Waals surface area contributed by atoms with Gasteiger partial charge in [0, 0.05) is 51.5 Å². The highest BCUT2D eigenvalue weighted by Crippen LogP contribution is 2.19. The maximum absolute atomic E-state index is 12.8. The lowest BCUT2D eigenvalue weighted by Crippen LogP contribution is -2.48. The van der Waals surface area contributed by atoms with Crippen LogP contribution in [0.3, 0.4) is 0 Å². The molecule has 0 unspecified atom stereocenters. The summed E-state index contributed by atoms with van der Waals surface area (Å²) in [6.07, 6.45) is 0. The standard InChI is InChI=1S/C19H23N3O3S/c1-20(2)26(24,25)18-10-6-7-16(15-18)19(23)22-13-11-21(12-14-22)17-8-4-3-5-9-17/h3-10,15H,11-14H2,1-2H3. The molecule has 1 heterocycles. The summed E-state index contributed by atoms with van der Waals surface area (Å²) in [6, 6.07) is 16.4. The van der Waals surface area contributed by atoms with E-state index >= 15 is 0 Å². The topological polar surface area (TPSA) is 60.9 Å². The highest BCUT2D eigenvalue weighted by molar-refractivity contribution is 7.89. The van der Waals surface area contributed by atoms with Crippen molar-refractivity contribution in [3.8, 4) is 0 Å². The molecule has 0 aliphatic carbocycles. The molecule has 1 amide bonds. The average Bonchev–Trinajstić information content (AvgIpc) is 2.68. The summed E-state index contributed by atoms with van der Waals surface area (Å²) in [5.41, 5.74) is 1.56. The van der Waals surface area contributed by atoms with Crippen LogP contribution >= 0.6 is 0 Å². The molecule has 2 aromatic carbocycles. The van der Waals surface area contributed by atoms with Crippen LogP contribution in [0.2, 0.25) is 0 Å². The third-order valence-electron chi connectivity index (χ3n) is 4.55. The number of amides is 1. The normalized spacial score (nSPS) is 15.3. The molecule has 0 saturated carbocycles. The monoisotopic (exact) mass is 373 g/mol. The molecule has 3 rings (SSSR count). The molecule has 1 aliphatic heterocycles. The fourth-order valence-corrected chi connectivity index (χ4v) is 3.94. The summed E-state index contributed by atoms with van der Waals surface area (Å²) >= 11 is 0. The zero-order valence-electron chi connectivity index (χ0n) is 15.0. The Hall–Kier alpha value is -2.38. The predicted octanol–water partition coefficient (Wildman–Crippen LogP) is 1.90. The van der Waals surface area contributed by atoms with Gasteiger partial charge in [0.1, 0.15) is 0 Å². The fourth-order valence-electron chi connectivity index (χ4n) is 2.99. The van der Waals surface area contributed by atoms with E-state index in [0.29, 0.717) is 18.7 Å². The van der Waals surface area contributed by atoms with E-state index in [-0.39, 0.29) is 10.8 Å². The summed E-state index contributed by atoms with van der Waals surface area (Å²) in [5, 5.41) is 0. The van der Waals surface area contributed by atoms with Gasteiger partial charge in [0.2, 0.25) is 10.0 Å². The molecule has 26 heavy (non-hydrogen) atoms. The molecule has 1 fully saturated rings. The number of nitrogens with zero attached hydrogens (tertiary/aromatic N) is 3. The highest BCUT2D eigenvalue weighted by Gasteiger charge is 2.24. The van der Waals surface area contributed by atoms with Crippen molar-refractivity contribution in [3.05, 3.63) is 60.2 Å². The largest absolute Gasteiger partial charge is 0.368 e. The van der Waals surface area contributed by atoms with Crippen LogP contribution in [0.25, 0.3) is 0 Å². The number of carbonyl (C=O) groups is 1. The lowest BCUT2D eigenvalue weighted by atomic mass is 10.1. The minimum atomic E-state index is -3.55. The van der Waals surface area contributed by atoms with Crippen molar-refractivity contribution in [2.24, 2.45) is 0 Å². The molecule has 0 bridgehead atoms. The van der Waals surface area contributed by atoms with E-state index < -0.39 is 10.0 Å². The number of hydrogen-bond acceptors (Lipinski definition) is 4. The fraction of sp³-hybridized carbons (Fsp3) is 0.316. The summed E-state index contributed by atoms with van der Waals surface area (Å²) in [4.78, 5) is 17.0. The first-order valence-corrected chi connectivity index (χ1v) is 9.95. The quantitative estimate of drug-likeness (QED) is 0.821. The summed E-state index contributed by atoms with van der Waals surface area (Å²) < 4.78 is 25.7. The third kappa shape index (κ3) is 3.73. The van der Waals surface area contributed by atoms with Crippen molar-refractivity contribution in [2.75, 3.05) is 45.2 Å². The van der Waals surface area contributed by atoms with E-state index in [1.54, 1.807) is 17.0 Å². The summed E-state index contributed by atoms with van der Waals surface area (Å²) in [7, 11) is -0.596. The van der Waals surface area contributed by atoms with Gasteiger partial charge < -0.3 is 9.80 Å². The molecule has 1 aliphatic rings. The van der Waals surface area contributed by atoms with Gasteiger partial charge in [-0.1, -0.05) is 24.3 Å². The highest BCUT2D eigenvalue weighted by atomic mass is 32.2. The first-order valence-electron chi connectivity index (χ1n) is 8.51. The Morgan fingerprint density at radius 1 is 0.923 bits per heavy atom. The molecule has 6 nitrogen and oxygen atoms in total. The van der Waals surface area contributed by atoms with Crippen LogP contribution in [-0.4, -0.2) is 63.8 Å². The Balaban J connectivity index is 1.71. The van der Waals surface area contributed by atoms with Crippen LogP contribution in [-0.2, 0) is 10.0 Å². The lowest BCUT2D eigenvalue weighted by molar-refractivity contribution is 0.0746. The number of piperazine rings is 1. The number of sulfonamides is 1. The number of carbonyl (C=O) groups excluding carboxylic acids is 1. The minimum Gasteiger partial charge on any atom is -0.368 e. The molecule has 0 spiro atoms. The Morgan fingerprint density at radius 2 is 1.58 bits per heavy atom. The van der Waals surface area contributed by atoms with Crippen LogP contribution in [0.4, 0.5) is 5.69 Å².